The molecule has 3 rings (SSSR count). The van der Waals surface area contributed by atoms with Gasteiger partial charge in [0.1, 0.15) is 0 Å². The Morgan fingerprint density at radius 2 is 2.19 bits per heavy atom. The van der Waals surface area contributed by atoms with Crippen LogP contribution in [0.4, 0.5) is 0 Å². The Hall–Kier alpha value is -1.42. The Labute approximate surface area is 93.9 Å². The van der Waals surface area contributed by atoms with E-state index in [0.717, 1.165) is 17.0 Å². The van der Waals surface area contributed by atoms with Crippen LogP contribution in [-0.4, -0.2) is 9.97 Å². The maximum Gasteiger partial charge on any atom is 0.200 e. The highest BCUT2D eigenvalue weighted by Gasteiger charge is 2.23. The van der Waals surface area contributed by atoms with Gasteiger partial charge < -0.3 is 10.2 Å². The summed E-state index contributed by atoms with van der Waals surface area (Å²) in [5.41, 5.74) is 8.12. The van der Waals surface area contributed by atoms with Gasteiger partial charge in [0.2, 0.25) is 0 Å². The average molecular weight is 217 g/mol. The molecule has 1 saturated carbocycles. The monoisotopic (exact) mass is 217 g/mol. The fraction of sp³-hybridized carbons (Fsp3) is 0.500. The number of aromatic nitrogens is 2. The number of nitrogens with zero attached hydrogens (tertiary/aromatic N) is 2. The van der Waals surface area contributed by atoms with E-state index in [1.165, 1.54) is 25.7 Å². The molecule has 0 aromatic carbocycles. The van der Waals surface area contributed by atoms with Crippen molar-refractivity contribution in [2.75, 3.05) is 0 Å². The largest absolute Gasteiger partial charge is 0.438 e. The number of fused-ring (bicyclic) bond motifs is 1. The van der Waals surface area contributed by atoms with Crippen molar-refractivity contribution in [3.05, 3.63) is 23.7 Å². The molecule has 4 heteroatoms. The van der Waals surface area contributed by atoms with E-state index in [9.17, 15) is 0 Å². The van der Waals surface area contributed by atoms with Gasteiger partial charge in [-0.3, -0.25) is 0 Å². The molecule has 1 fully saturated rings. The minimum atomic E-state index is 0.471. The van der Waals surface area contributed by atoms with E-state index in [4.69, 9.17) is 10.2 Å². The molecule has 0 saturated heterocycles. The third-order valence-corrected chi connectivity index (χ3v) is 3.31. The number of nitrogens with two attached hydrogens (primary N) is 1. The second kappa shape index (κ2) is 3.87. The van der Waals surface area contributed by atoms with Crippen LogP contribution in [0.15, 0.2) is 16.7 Å². The van der Waals surface area contributed by atoms with Crippen LogP contribution in [0, 0.1) is 0 Å². The van der Waals surface area contributed by atoms with Crippen molar-refractivity contribution in [1.29, 1.82) is 0 Å². The van der Waals surface area contributed by atoms with Gasteiger partial charge in [-0.15, -0.1) is 0 Å². The van der Waals surface area contributed by atoms with Gasteiger partial charge in [-0.1, -0.05) is 12.8 Å². The van der Waals surface area contributed by atoms with Gasteiger partial charge in [0, 0.05) is 24.2 Å². The number of rotatable bonds is 2. The zero-order valence-electron chi connectivity index (χ0n) is 9.15. The number of pyridine rings is 1. The topological polar surface area (TPSA) is 64.9 Å². The molecule has 0 unspecified atom stereocenters. The van der Waals surface area contributed by atoms with E-state index in [2.05, 4.69) is 9.97 Å². The van der Waals surface area contributed by atoms with Gasteiger partial charge in [0.15, 0.2) is 17.1 Å². The lowest BCUT2D eigenvalue weighted by atomic mass is 10.1. The van der Waals surface area contributed by atoms with Crippen LogP contribution in [0.3, 0.4) is 0 Å². The fourth-order valence-electron chi connectivity index (χ4n) is 2.41. The number of hydrogen-bond donors (Lipinski definition) is 1. The third-order valence-electron chi connectivity index (χ3n) is 3.31. The minimum Gasteiger partial charge on any atom is -0.438 e. The fourth-order valence-corrected chi connectivity index (χ4v) is 2.41. The third kappa shape index (κ3) is 1.50. The lowest BCUT2D eigenvalue weighted by Gasteiger charge is -2.00. The van der Waals surface area contributed by atoms with E-state index in [1.807, 2.05) is 6.07 Å². The normalized spacial score (nSPS) is 17.3. The zero-order chi connectivity index (χ0) is 11.0. The molecule has 2 heterocycles. The molecule has 0 aliphatic heterocycles. The van der Waals surface area contributed by atoms with Crippen molar-refractivity contribution in [2.45, 2.75) is 38.1 Å². The lowest BCUT2D eigenvalue weighted by Crippen LogP contribution is -1.96. The van der Waals surface area contributed by atoms with Crippen molar-refractivity contribution in [1.82, 2.24) is 9.97 Å². The summed E-state index contributed by atoms with van der Waals surface area (Å²) < 4.78 is 5.82. The van der Waals surface area contributed by atoms with Gasteiger partial charge in [-0.25, -0.2) is 4.98 Å². The smallest absolute Gasteiger partial charge is 0.200 e. The van der Waals surface area contributed by atoms with Gasteiger partial charge >= 0.3 is 0 Å². The summed E-state index contributed by atoms with van der Waals surface area (Å²) in [5.74, 6) is 1.33. The van der Waals surface area contributed by atoms with Gasteiger partial charge in [0.25, 0.3) is 0 Å². The molecule has 2 N–H and O–H groups in total. The Morgan fingerprint density at radius 1 is 1.38 bits per heavy atom. The van der Waals surface area contributed by atoms with E-state index in [-0.39, 0.29) is 0 Å². The molecule has 1 aliphatic rings. The molecule has 0 amide bonds. The highest BCUT2D eigenvalue weighted by atomic mass is 16.3. The molecule has 0 radical (unpaired) electrons. The maximum atomic E-state index is 5.82. The van der Waals surface area contributed by atoms with Crippen LogP contribution in [0.5, 0.6) is 0 Å². The molecule has 4 nitrogen and oxygen atoms in total. The van der Waals surface area contributed by atoms with Crippen LogP contribution in [0.25, 0.3) is 11.2 Å². The summed E-state index contributed by atoms with van der Waals surface area (Å²) in [7, 11) is 0. The van der Waals surface area contributed by atoms with Crippen LogP contribution < -0.4 is 5.73 Å². The molecule has 1 aliphatic carbocycles. The first-order valence-electron chi connectivity index (χ1n) is 5.83. The minimum absolute atomic E-state index is 0.471. The Morgan fingerprint density at radius 3 is 2.94 bits per heavy atom. The average Bonchev–Trinajstić information content (AvgIpc) is 2.96. The SMILES string of the molecule is NCc1ccnc2nc(C3CCCC3)oc12. The van der Waals surface area contributed by atoms with Gasteiger partial charge in [-0.05, 0) is 18.9 Å². The van der Waals surface area contributed by atoms with Crippen molar-refractivity contribution >= 4 is 11.2 Å². The first-order valence-corrected chi connectivity index (χ1v) is 5.83. The first-order chi connectivity index (χ1) is 7.88. The molecule has 0 atom stereocenters. The maximum absolute atomic E-state index is 5.82. The van der Waals surface area contributed by atoms with Gasteiger partial charge in [0.05, 0.1) is 0 Å². The second-order valence-corrected chi connectivity index (χ2v) is 4.36. The second-order valence-electron chi connectivity index (χ2n) is 4.36. The molecule has 16 heavy (non-hydrogen) atoms. The molecule has 0 spiro atoms. The van der Waals surface area contributed by atoms with E-state index < -0.39 is 0 Å². The van der Waals surface area contributed by atoms with Crippen molar-refractivity contribution in [2.24, 2.45) is 5.73 Å². The molecular weight excluding hydrogens is 202 g/mol. The van der Waals surface area contributed by atoms with Crippen molar-refractivity contribution in [3.63, 3.8) is 0 Å². The Kier molecular flexibility index (Phi) is 2.36. The van der Waals surface area contributed by atoms with E-state index in [0.29, 0.717) is 18.1 Å². The summed E-state index contributed by atoms with van der Waals surface area (Å²) in [5, 5.41) is 0. The van der Waals surface area contributed by atoms with Crippen LogP contribution >= 0.6 is 0 Å². The van der Waals surface area contributed by atoms with Crippen LogP contribution in [0.2, 0.25) is 0 Å². The summed E-state index contributed by atoms with van der Waals surface area (Å²) in [6, 6.07) is 1.89. The van der Waals surface area contributed by atoms with Crippen molar-refractivity contribution in [3.8, 4) is 0 Å². The highest BCUT2D eigenvalue weighted by Crippen LogP contribution is 2.35. The molecule has 2 aromatic heterocycles. The predicted molar refractivity (Wildman–Crippen MR) is 60.9 cm³/mol. The van der Waals surface area contributed by atoms with E-state index >= 15 is 0 Å². The number of oxazole rings is 1. The van der Waals surface area contributed by atoms with Gasteiger partial charge in [-0.2, -0.15) is 4.98 Å². The standard InChI is InChI=1S/C12H15N3O/c13-7-9-5-6-14-11-10(9)16-12(15-11)8-3-1-2-4-8/h5-6,8H,1-4,7,13H2. The van der Waals surface area contributed by atoms with Crippen LogP contribution in [-0.2, 0) is 6.54 Å². The Bertz CT molecular complexity index is 500. The number of hydrogen-bond acceptors (Lipinski definition) is 4. The van der Waals surface area contributed by atoms with E-state index in [1.54, 1.807) is 6.20 Å². The molecule has 84 valence electrons. The highest BCUT2D eigenvalue weighted by molar-refractivity contribution is 5.71. The Balaban J connectivity index is 2.07. The predicted octanol–water partition coefficient (Wildman–Crippen LogP) is 2.34. The molecule has 2 aromatic rings. The summed E-state index contributed by atoms with van der Waals surface area (Å²) in [6.07, 6.45) is 6.67. The van der Waals surface area contributed by atoms with Crippen molar-refractivity contribution < 1.29 is 4.42 Å². The lowest BCUT2D eigenvalue weighted by molar-refractivity contribution is 0.472. The molecule has 0 bridgehead atoms. The first kappa shape index (κ1) is 9.78. The molecular formula is C12H15N3O. The summed E-state index contributed by atoms with van der Waals surface area (Å²) in [6.45, 7) is 0.471. The summed E-state index contributed by atoms with van der Waals surface area (Å²) in [4.78, 5) is 8.69. The zero-order valence-corrected chi connectivity index (χ0v) is 9.15. The van der Waals surface area contributed by atoms with Crippen LogP contribution in [0.1, 0.15) is 43.1 Å². The summed E-state index contributed by atoms with van der Waals surface area (Å²) >= 11 is 0. The quantitative estimate of drug-likeness (QED) is 0.838.